The van der Waals surface area contributed by atoms with E-state index in [1.165, 1.54) is 10.4 Å². The van der Waals surface area contributed by atoms with Gasteiger partial charge in [-0.05, 0) is 39.0 Å². The van der Waals surface area contributed by atoms with Crippen molar-refractivity contribution in [3.05, 3.63) is 29.0 Å². The Bertz CT molecular complexity index is 741. The van der Waals surface area contributed by atoms with E-state index < -0.39 is 21.4 Å². The van der Waals surface area contributed by atoms with Gasteiger partial charge in [0.2, 0.25) is 10.0 Å². The van der Waals surface area contributed by atoms with Gasteiger partial charge in [0.15, 0.2) is 0 Å². The van der Waals surface area contributed by atoms with Gasteiger partial charge in [-0.25, -0.2) is 12.8 Å². The summed E-state index contributed by atoms with van der Waals surface area (Å²) >= 11 is 5.67. The van der Waals surface area contributed by atoms with Gasteiger partial charge in [0.1, 0.15) is 11.4 Å². The number of nitrogens with zero attached hydrogens (tertiary/aromatic N) is 2. The second-order valence-electron chi connectivity index (χ2n) is 6.84. The summed E-state index contributed by atoms with van der Waals surface area (Å²) in [6.45, 7) is 6.80. The number of rotatable bonds is 4. The van der Waals surface area contributed by atoms with Gasteiger partial charge < -0.3 is 4.74 Å². The van der Waals surface area contributed by atoms with E-state index in [0.29, 0.717) is 13.1 Å². The Morgan fingerprint density at radius 1 is 1.24 bits per heavy atom. The lowest BCUT2D eigenvalue weighted by Gasteiger charge is -2.33. The molecule has 25 heavy (non-hydrogen) atoms. The van der Waals surface area contributed by atoms with Gasteiger partial charge in [-0.15, -0.1) is 0 Å². The van der Waals surface area contributed by atoms with Crippen molar-refractivity contribution in [1.29, 1.82) is 0 Å². The Morgan fingerprint density at radius 3 is 2.36 bits per heavy atom. The van der Waals surface area contributed by atoms with Crippen molar-refractivity contribution >= 4 is 27.6 Å². The molecule has 1 heterocycles. The molecule has 140 valence electrons. The van der Waals surface area contributed by atoms with Crippen molar-refractivity contribution in [1.82, 2.24) is 9.21 Å². The Balaban J connectivity index is 1.97. The summed E-state index contributed by atoms with van der Waals surface area (Å²) < 4.78 is 45.0. The van der Waals surface area contributed by atoms with Crippen LogP contribution in [-0.4, -0.2) is 61.9 Å². The first-order chi connectivity index (χ1) is 11.5. The minimum Gasteiger partial charge on any atom is -0.459 e. The van der Waals surface area contributed by atoms with Crippen LogP contribution in [0.1, 0.15) is 20.8 Å². The van der Waals surface area contributed by atoms with Crippen LogP contribution < -0.4 is 0 Å². The zero-order valence-electron chi connectivity index (χ0n) is 14.5. The summed E-state index contributed by atoms with van der Waals surface area (Å²) in [4.78, 5) is 13.7. The molecule has 0 atom stereocenters. The second kappa shape index (κ2) is 7.57. The van der Waals surface area contributed by atoms with E-state index in [4.69, 9.17) is 16.3 Å². The highest BCUT2D eigenvalue weighted by Crippen LogP contribution is 2.23. The van der Waals surface area contributed by atoms with Crippen molar-refractivity contribution in [2.45, 2.75) is 31.3 Å². The maximum absolute atomic E-state index is 13.2. The van der Waals surface area contributed by atoms with Crippen LogP contribution in [0.25, 0.3) is 0 Å². The number of hydrogen-bond acceptors (Lipinski definition) is 5. The smallest absolute Gasteiger partial charge is 0.320 e. The number of ether oxygens (including phenoxy) is 1. The lowest BCUT2D eigenvalue weighted by molar-refractivity contribution is -0.156. The Morgan fingerprint density at radius 2 is 1.84 bits per heavy atom. The summed E-state index contributed by atoms with van der Waals surface area (Å²) in [5, 5.41) is -0.232. The van der Waals surface area contributed by atoms with Crippen LogP contribution >= 0.6 is 11.6 Å². The van der Waals surface area contributed by atoms with Crippen LogP contribution in [-0.2, 0) is 19.6 Å². The van der Waals surface area contributed by atoms with Crippen LogP contribution in [0.4, 0.5) is 4.39 Å². The number of carbonyl (C=O) groups is 1. The first-order valence-corrected chi connectivity index (χ1v) is 9.70. The van der Waals surface area contributed by atoms with Gasteiger partial charge in [-0.2, -0.15) is 4.31 Å². The van der Waals surface area contributed by atoms with Crippen molar-refractivity contribution in [2.75, 3.05) is 32.7 Å². The van der Waals surface area contributed by atoms with Crippen LogP contribution in [0.2, 0.25) is 5.02 Å². The fourth-order valence-electron chi connectivity index (χ4n) is 2.47. The molecule has 9 heteroatoms. The fraction of sp³-hybridized carbons (Fsp3) is 0.562. The topological polar surface area (TPSA) is 66.9 Å². The largest absolute Gasteiger partial charge is 0.459 e. The summed E-state index contributed by atoms with van der Waals surface area (Å²) in [6.07, 6.45) is 0. The molecule has 0 spiro atoms. The monoisotopic (exact) mass is 392 g/mol. The molecule has 0 aliphatic carbocycles. The molecular weight excluding hydrogens is 371 g/mol. The third-order valence-corrected chi connectivity index (χ3v) is 5.82. The molecule has 0 radical (unpaired) electrons. The molecule has 1 fully saturated rings. The van der Waals surface area contributed by atoms with Gasteiger partial charge in [0.05, 0.1) is 16.5 Å². The lowest BCUT2D eigenvalue weighted by atomic mass is 10.2. The number of carbonyl (C=O) groups excluding carboxylic acids is 1. The van der Waals surface area contributed by atoms with Gasteiger partial charge in [0, 0.05) is 26.2 Å². The van der Waals surface area contributed by atoms with Gasteiger partial charge in [-0.3, -0.25) is 9.69 Å². The fourth-order valence-corrected chi connectivity index (χ4v) is 4.16. The van der Waals surface area contributed by atoms with Crippen molar-refractivity contribution in [2.24, 2.45) is 0 Å². The van der Waals surface area contributed by atoms with Crippen LogP contribution in [0.15, 0.2) is 23.1 Å². The van der Waals surface area contributed by atoms with Gasteiger partial charge in [0.25, 0.3) is 0 Å². The van der Waals surface area contributed by atoms with Gasteiger partial charge >= 0.3 is 5.97 Å². The summed E-state index contributed by atoms with van der Waals surface area (Å²) in [7, 11) is -3.74. The van der Waals surface area contributed by atoms with Crippen molar-refractivity contribution in [3.63, 3.8) is 0 Å². The average molecular weight is 393 g/mol. The highest BCUT2D eigenvalue weighted by atomic mass is 35.5. The van der Waals surface area contributed by atoms with Crippen molar-refractivity contribution < 1.29 is 22.3 Å². The van der Waals surface area contributed by atoms with E-state index in [9.17, 15) is 17.6 Å². The maximum atomic E-state index is 13.2. The molecule has 0 bridgehead atoms. The molecule has 1 aromatic rings. The lowest BCUT2D eigenvalue weighted by Crippen LogP contribution is -2.50. The highest BCUT2D eigenvalue weighted by molar-refractivity contribution is 7.89. The van der Waals surface area contributed by atoms with Crippen molar-refractivity contribution in [3.8, 4) is 0 Å². The van der Waals surface area contributed by atoms with E-state index in [2.05, 4.69) is 0 Å². The minimum absolute atomic E-state index is 0.0421. The Kier molecular flexibility index (Phi) is 6.09. The molecule has 0 saturated carbocycles. The molecule has 6 nitrogen and oxygen atoms in total. The zero-order chi connectivity index (χ0) is 18.8. The quantitative estimate of drug-likeness (QED) is 0.734. The number of sulfonamides is 1. The molecular formula is C16H22ClFN2O4S. The molecule has 2 rings (SSSR count). The van der Waals surface area contributed by atoms with E-state index in [0.717, 1.165) is 12.1 Å². The molecule has 1 aliphatic rings. The number of esters is 1. The minimum atomic E-state index is -3.74. The van der Waals surface area contributed by atoms with Gasteiger partial charge in [-0.1, -0.05) is 11.6 Å². The molecule has 1 aromatic carbocycles. The highest BCUT2D eigenvalue weighted by Gasteiger charge is 2.30. The SMILES string of the molecule is CC(C)(C)OC(=O)CN1CCN(S(=O)(=O)c2ccc(F)c(Cl)c2)CC1. The second-order valence-corrected chi connectivity index (χ2v) is 9.19. The molecule has 1 aliphatic heterocycles. The Labute approximate surface area is 152 Å². The summed E-state index contributed by atoms with van der Waals surface area (Å²) in [5.74, 6) is -1.00. The van der Waals surface area contributed by atoms with Crippen LogP contribution in [0.3, 0.4) is 0 Å². The zero-order valence-corrected chi connectivity index (χ0v) is 16.0. The third kappa shape index (κ3) is 5.37. The first-order valence-electron chi connectivity index (χ1n) is 7.88. The predicted octanol–water partition coefficient (Wildman–Crippen LogP) is 2.13. The summed E-state index contributed by atoms with van der Waals surface area (Å²) in [5.41, 5.74) is -0.551. The molecule has 0 amide bonds. The number of piperazine rings is 1. The number of hydrogen-bond donors (Lipinski definition) is 0. The molecule has 0 N–H and O–H groups in total. The van der Waals surface area contributed by atoms with Crippen LogP contribution in [0, 0.1) is 5.82 Å². The van der Waals surface area contributed by atoms with E-state index in [-0.39, 0.29) is 35.5 Å². The molecule has 1 saturated heterocycles. The Hall–Kier alpha value is -1.22. The summed E-state index contributed by atoms with van der Waals surface area (Å²) in [6, 6.07) is 3.34. The maximum Gasteiger partial charge on any atom is 0.320 e. The third-order valence-electron chi connectivity index (χ3n) is 3.63. The number of halogens is 2. The standard InChI is InChI=1S/C16H22ClFN2O4S/c1-16(2,3)24-15(21)11-19-6-8-20(9-7-19)25(22,23)12-4-5-14(18)13(17)10-12/h4-5,10H,6-9,11H2,1-3H3. The van der Waals surface area contributed by atoms with Crippen LogP contribution in [0.5, 0.6) is 0 Å². The van der Waals surface area contributed by atoms with E-state index >= 15 is 0 Å². The number of benzene rings is 1. The normalized spacial score (nSPS) is 17.5. The predicted molar refractivity (Wildman–Crippen MR) is 92.5 cm³/mol. The molecule has 0 unspecified atom stereocenters. The molecule has 0 aromatic heterocycles. The van der Waals surface area contributed by atoms with E-state index in [1.807, 2.05) is 4.90 Å². The average Bonchev–Trinajstić information content (AvgIpc) is 2.48. The van der Waals surface area contributed by atoms with E-state index in [1.54, 1.807) is 20.8 Å². The first kappa shape index (κ1) is 20.1.